The van der Waals surface area contributed by atoms with E-state index in [9.17, 15) is 9.59 Å². The number of benzene rings is 4. The molecule has 0 unspecified atom stereocenters. The summed E-state index contributed by atoms with van der Waals surface area (Å²) < 4.78 is 4.92. The fraction of sp³-hybridized carbons (Fsp3) is 0.0645. The van der Waals surface area contributed by atoms with Crippen molar-refractivity contribution in [1.29, 1.82) is 0 Å². The number of hydrogen-bond donors (Lipinski definition) is 0. The van der Waals surface area contributed by atoms with Crippen LogP contribution in [0.5, 0.6) is 0 Å². The lowest BCUT2D eigenvalue weighted by Gasteiger charge is -2.33. The number of amidine groups is 1. The highest BCUT2D eigenvalue weighted by Crippen LogP contribution is 2.48. The first-order valence-electron chi connectivity index (χ1n) is 12.0. The van der Waals surface area contributed by atoms with E-state index in [1.54, 1.807) is 0 Å². The van der Waals surface area contributed by atoms with E-state index < -0.39 is 12.9 Å². The van der Waals surface area contributed by atoms with Gasteiger partial charge in [-0.2, -0.15) is 4.99 Å². The molecular formula is C31H25N2O3PS. The third kappa shape index (κ3) is 4.93. The van der Waals surface area contributed by atoms with Crippen molar-refractivity contribution >= 4 is 62.6 Å². The van der Waals surface area contributed by atoms with Crippen molar-refractivity contribution in [3.63, 3.8) is 0 Å². The maximum atomic E-state index is 14.3. The first-order valence-corrected chi connectivity index (χ1v) is 14.8. The molecule has 1 amide bonds. The van der Waals surface area contributed by atoms with Crippen LogP contribution < -0.4 is 15.9 Å². The standard InChI is InChI=1S/C31H25N2O3PS/c1-36-27(34)22-38-31-28(30(35)32-29(33-31)23-14-6-2-7-15-23)37(24-16-8-3-9-17-24,25-18-10-4-11-19-25)26-20-12-5-13-21-26/h2-21H,22H2,1H3. The van der Waals surface area contributed by atoms with Crippen molar-refractivity contribution in [3.05, 3.63) is 127 Å². The number of carbonyl (C=O) groups excluding carboxylic acids is 2. The van der Waals surface area contributed by atoms with Gasteiger partial charge in [0.05, 0.1) is 18.2 Å². The molecule has 5 nitrogen and oxygen atoms in total. The molecule has 0 radical (unpaired) electrons. The lowest BCUT2D eigenvalue weighted by atomic mass is 10.2. The van der Waals surface area contributed by atoms with Gasteiger partial charge in [0.2, 0.25) is 0 Å². The minimum absolute atomic E-state index is 0.0204. The van der Waals surface area contributed by atoms with E-state index >= 15 is 0 Å². The zero-order chi connectivity index (χ0) is 26.4. The first-order chi connectivity index (χ1) is 18.6. The molecule has 0 fully saturated rings. The lowest BCUT2D eigenvalue weighted by molar-refractivity contribution is -0.137. The molecule has 1 heterocycles. The maximum Gasteiger partial charge on any atom is 0.316 e. The van der Waals surface area contributed by atoms with Gasteiger partial charge < -0.3 is 4.74 Å². The van der Waals surface area contributed by atoms with Crippen LogP contribution >= 0.6 is 18.6 Å². The molecule has 0 aromatic heterocycles. The molecule has 38 heavy (non-hydrogen) atoms. The molecule has 0 saturated heterocycles. The molecule has 7 heteroatoms. The van der Waals surface area contributed by atoms with Crippen LogP contribution in [0.3, 0.4) is 0 Å². The second kappa shape index (κ2) is 11.6. The van der Waals surface area contributed by atoms with E-state index in [2.05, 4.69) is 41.4 Å². The van der Waals surface area contributed by atoms with Crippen molar-refractivity contribution < 1.29 is 14.3 Å². The highest BCUT2D eigenvalue weighted by atomic mass is 32.2. The van der Waals surface area contributed by atoms with Crippen LogP contribution in [-0.2, 0) is 14.3 Å². The molecule has 0 atom stereocenters. The maximum absolute atomic E-state index is 14.3. The van der Waals surface area contributed by atoms with Gasteiger partial charge >= 0.3 is 5.97 Å². The van der Waals surface area contributed by atoms with Gasteiger partial charge in [-0.1, -0.05) is 133 Å². The summed E-state index contributed by atoms with van der Waals surface area (Å²) in [6.45, 7) is -2.77. The van der Waals surface area contributed by atoms with Crippen molar-refractivity contribution in [2.45, 2.75) is 0 Å². The van der Waals surface area contributed by atoms with Crippen molar-refractivity contribution in [1.82, 2.24) is 0 Å². The Hall–Kier alpha value is -3.99. The Bertz CT molecular complexity index is 1470. The van der Waals surface area contributed by atoms with E-state index in [1.165, 1.54) is 18.9 Å². The number of ether oxygens (including phenoxy) is 1. The van der Waals surface area contributed by atoms with Gasteiger partial charge in [0.1, 0.15) is 5.04 Å². The van der Waals surface area contributed by atoms with E-state index in [0.29, 0.717) is 16.2 Å². The summed E-state index contributed by atoms with van der Waals surface area (Å²) in [6, 6.07) is 39.6. The van der Waals surface area contributed by atoms with Gasteiger partial charge in [-0.05, 0) is 22.8 Å². The van der Waals surface area contributed by atoms with Crippen LogP contribution in [0.25, 0.3) is 0 Å². The molecule has 0 aliphatic carbocycles. The molecule has 0 N–H and O–H groups in total. The van der Waals surface area contributed by atoms with Crippen LogP contribution in [0.1, 0.15) is 5.56 Å². The minimum Gasteiger partial charge on any atom is -0.468 e. The summed E-state index contributed by atoms with van der Waals surface area (Å²) in [6.07, 6.45) is 0. The zero-order valence-corrected chi connectivity index (χ0v) is 22.4. The zero-order valence-electron chi connectivity index (χ0n) is 20.7. The van der Waals surface area contributed by atoms with Crippen LogP contribution in [0.2, 0.25) is 0 Å². The van der Waals surface area contributed by atoms with E-state index in [0.717, 1.165) is 21.5 Å². The Morgan fingerprint density at radius 1 is 0.711 bits per heavy atom. The molecule has 0 bridgehead atoms. The Morgan fingerprint density at radius 3 is 1.61 bits per heavy atom. The number of thioether (sulfide) groups is 1. The van der Waals surface area contributed by atoms with Crippen LogP contribution in [0.4, 0.5) is 0 Å². The van der Waals surface area contributed by atoms with Gasteiger partial charge in [0, 0.05) is 5.56 Å². The van der Waals surface area contributed by atoms with Crippen molar-refractivity contribution in [3.8, 4) is 0 Å². The van der Waals surface area contributed by atoms with E-state index in [1.807, 2.05) is 84.9 Å². The van der Waals surface area contributed by atoms with Gasteiger partial charge in [0.15, 0.2) is 5.84 Å². The van der Waals surface area contributed by atoms with Crippen LogP contribution in [-0.4, -0.2) is 40.9 Å². The normalized spacial score (nSPS) is 13.5. The summed E-state index contributed by atoms with van der Waals surface area (Å²) in [4.78, 5) is 36.0. The monoisotopic (exact) mass is 536 g/mol. The van der Waals surface area contributed by atoms with E-state index in [-0.39, 0.29) is 11.7 Å². The predicted molar refractivity (Wildman–Crippen MR) is 160 cm³/mol. The molecule has 1 aliphatic heterocycles. The van der Waals surface area contributed by atoms with Crippen molar-refractivity contribution in [2.24, 2.45) is 9.98 Å². The fourth-order valence-electron chi connectivity index (χ4n) is 4.49. The Morgan fingerprint density at radius 2 is 1.16 bits per heavy atom. The Balaban J connectivity index is 1.90. The molecule has 4 aromatic carbocycles. The highest BCUT2D eigenvalue weighted by Gasteiger charge is 2.38. The third-order valence-electron chi connectivity index (χ3n) is 6.17. The minimum atomic E-state index is -2.77. The number of hydrogen-bond acceptors (Lipinski definition) is 5. The summed E-state index contributed by atoms with van der Waals surface area (Å²) in [5.41, 5.74) is 0.735. The number of amides is 1. The summed E-state index contributed by atoms with van der Waals surface area (Å²) in [7, 11) is 1.35. The molecule has 5 rings (SSSR count). The Labute approximate surface area is 226 Å². The van der Waals surface area contributed by atoms with Gasteiger partial charge in [-0.15, -0.1) is 0 Å². The lowest BCUT2D eigenvalue weighted by Crippen LogP contribution is -2.38. The average Bonchev–Trinajstić information content (AvgIpc) is 2.99. The van der Waals surface area contributed by atoms with E-state index in [4.69, 9.17) is 9.73 Å². The summed E-state index contributed by atoms with van der Waals surface area (Å²) >= 11 is 1.22. The SMILES string of the molecule is COC(=O)CSC1=NC(c2ccccc2)=NC(=O)C1=P(c1ccccc1)(c1ccccc1)c1ccccc1. The van der Waals surface area contributed by atoms with Crippen LogP contribution in [0.15, 0.2) is 131 Å². The third-order valence-corrected chi connectivity index (χ3v) is 11.6. The van der Waals surface area contributed by atoms with Crippen molar-refractivity contribution in [2.75, 3.05) is 12.9 Å². The summed E-state index contributed by atoms with van der Waals surface area (Å²) in [5, 5.41) is 4.01. The number of aliphatic imine (C=N–C) groups is 2. The number of methoxy groups -OCH3 is 1. The number of carbonyl (C=O) groups is 2. The Kier molecular flexibility index (Phi) is 7.83. The molecule has 0 saturated carbocycles. The summed E-state index contributed by atoms with van der Waals surface area (Å²) in [5.74, 6) is -0.390. The highest BCUT2D eigenvalue weighted by molar-refractivity contribution is 8.19. The molecule has 0 spiro atoms. The molecule has 4 aromatic rings. The fourth-order valence-corrected chi connectivity index (χ4v) is 10.0. The number of esters is 1. The smallest absolute Gasteiger partial charge is 0.316 e. The molecule has 188 valence electrons. The topological polar surface area (TPSA) is 68.1 Å². The average molecular weight is 537 g/mol. The largest absolute Gasteiger partial charge is 0.468 e. The number of nitrogens with zero attached hydrogens (tertiary/aromatic N) is 2. The quantitative estimate of drug-likeness (QED) is 0.270. The second-order valence-corrected chi connectivity index (χ2v) is 12.7. The van der Waals surface area contributed by atoms with Gasteiger partial charge in [-0.25, -0.2) is 4.99 Å². The van der Waals surface area contributed by atoms with Crippen LogP contribution in [0, 0.1) is 0 Å². The van der Waals surface area contributed by atoms with Gasteiger partial charge in [0.25, 0.3) is 5.91 Å². The number of rotatable bonds is 6. The second-order valence-electron chi connectivity index (χ2n) is 8.41. The molecule has 1 aliphatic rings. The van der Waals surface area contributed by atoms with Gasteiger partial charge in [-0.3, -0.25) is 9.59 Å². The molecular weight excluding hydrogens is 511 g/mol. The first kappa shape index (κ1) is 25.7. The predicted octanol–water partition coefficient (Wildman–Crippen LogP) is 4.44.